The lowest BCUT2D eigenvalue weighted by atomic mass is 10.1. The minimum atomic E-state index is -1.23. The minimum Gasteiger partial charge on any atom is -0.463 e. The van der Waals surface area contributed by atoms with Crippen LogP contribution in [0.3, 0.4) is 0 Å². The monoisotopic (exact) mass is 228 g/mol. The Kier molecular flexibility index (Phi) is 6.46. The molecule has 0 aromatic heterocycles. The standard InChI is InChI=1S/C12H20O4/c1-5-7-9-15-11(14)12(3,4)16-10(13)8-6-2/h6,8H,5,7,9H2,1-4H3. The zero-order valence-corrected chi connectivity index (χ0v) is 10.4. The molecule has 0 saturated carbocycles. The Morgan fingerprint density at radius 1 is 1.31 bits per heavy atom. The molecule has 0 aliphatic rings. The van der Waals surface area contributed by atoms with Gasteiger partial charge in [-0.3, -0.25) is 0 Å². The number of hydrogen-bond donors (Lipinski definition) is 0. The number of rotatable bonds is 6. The molecule has 0 atom stereocenters. The van der Waals surface area contributed by atoms with Crippen molar-refractivity contribution in [2.75, 3.05) is 6.61 Å². The first kappa shape index (κ1) is 14.7. The maximum absolute atomic E-state index is 11.6. The summed E-state index contributed by atoms with van der Waals surface area (Å²) in [5.74, 6) is -1.06. The van der Waals surface area contributed by atoms with Crippen LogP contribution in [0.4, 0.5) is 0 Å². The van der Waals surface area contributed by atoms with Gasteiger partial charge < -0.3 is 9.47 Å². The van der Waals surface area contributed by atoms with Gasteiger partial charge in [0.25, 0.3) is 0 Å². The van der Waals surface area contributed by atoms with E-state index in [4.69, 9.17) is 9.47 Å². The lowest BCUT2D eigenvalue weighted by Crippen LogP contribution is -2.38. The minimum absolute atomic E-state index is 0.361. The number of unbranched alkanes of at least 4 members (excludes halogenated alkanes) is 1. The zero-order valence-electron chi connectivity index (χ0n) is 10.4. The number of ether oxygens (including phenoxy) is 2. The molecule has 0 N–H and O–H groups in total. The van der Waals surface area contributed by atoms with Gasteiger partial charge in [0.15, 0.2) is 0 Å². The summed E-state index contributed by atoms with van der Waals surface area (Å²) in [7, 11) is 0. The van der Waals surface area contributed by atoms with Gasteiger partial charge in [-0.1, -0.05) is 19.4 Å². The van der Waals surface area contributed by atoms with Crippen LogP contribution in [0, 0.1) is 0 Å². The van der Waals surface area contributed by atoms with Gasteiger partial charge in [0.05, 0.1) is 6.61 Å². The van der Waals surface area contributed by atoms with Gasteiger partial charge >= 0.3 is 11.9 Å². The molecule has 0 aliphatic carbocycles. The number of esters is 2. The van der Waals surface area contributed by atoms with Crippen LogP contribution in [0.5, 0.6) is 0 Å². The van der Waals surface area contributed by atoms with Crippen LogP contribution in [0.1, 0.15) is 40.5 Å². The van der Waals surface area contributed by atoms with Crippen molar-refractivity contribution in [3.05, 3.63) is 12.2 Å². The van der Waals surface area contributed by atoms with Crippen LogP contribution in [0.2, 0.25) is 0 Å². The second kappa shape index (κ2) is 7.04. The Hall–Kier alpha value is -1.32. The van der Waals surface area contributed by atoms with Crippen LogP contribution < -0.4 is 0 Å². The van der Waals surface area contributed by atoms with Crippen LogP contribution in [-0.4, -0.2) is 24.1 Å². The topological polar surface area (TPSA) is 52.6 Å². The molecule has 0 fully saturated rings. The van der Waals surface area contributed by atoms with Crippen LogP contribution in [-0.2, 0) is 19.1 Å². The van der Waals surface area contributed by atoms with Crippen LogP contribution in [0.25, 0.3) is 0 Å². The molecule has 16 heavy (non-hydrogen) atoms. The largest absolute Gasteiger partial charge is 0.463 e. The summed E-state index contributed by atoms with van der Waals surface area (Å²) in [6, 6.07) is 0. The summed E-state index contributed by atoms with van der Waals surface area (Å²) in [5, 5.41) is 0. The van der Waals surface area contributed by atoms with Crippen molar-refractivity contribution >= 4 is 11.9 Å². The van der Waals surface area contributed by atoms with Crippen molar-refractivity contribution in [1.29, 1.82) is 0 Å². The first-order valence-corrected chi connectivity index (χ1v) is 5.47. The van der Waals surface area contributed by atoms with Gasteiger partial charge in [-0.2, -0.15) is 0 Å². The molecular weight excluding hydrogens is 208 g/mol. The third kappa shape index (κ3) is 5.53. The summed E-state index contributed by atoms with van der Waals surface area (Å²) in [5.41, 5.74) is -1.23. The molecule has 92 valence electrons. The summed E-state index contributed by atoms with van der Waals surface area (Å²) in [4.78, 5) is 22.7. The van der Waals surface area contributed by atoms with E-state index in [-0.39, 0.29) is 0 Å². The molecule has 0 aromatic rings. The van der Waals surface area contributed by atoms with Crippen molar-refractivity contribution in [3.63, 3.8) is 0 Å². The van der Waals surface area contributed by atoms with E-state index in [0.717, 1.165) is 12.8 Å². The highest BCUT2D eigenvalue weighted by Gasteiger charge is 2.33. The zero-order chi connectivity index (χ0) is 12.6. The van der Waals surface area contributed by atoms with E-state index in [9.17, 15) is 9.59 Å². The Morgan fingerprint density at radius 3 is 2.44 bits per heavy atom. The van der Waals surface area contributed by atoms with E-state index in [1.807, 2.05) is 6.92 Å². The number of allylic oxidation sites excluding steroid dienone is 1. The summed E-state index contributed by atoms with van der Waals surface area (Å²) in [6.45, 7) is 7.10. The van der Waals surface area contributed by atoms with Gasteiger partial charge in [-0.05, 0) is 27.2 Å². The van der Waals surface area contributed by atoms with E-state index >= 15 is 0 Å². The predicted molar refractivity (Wildman–Crippen MR) is 60.9 cm³/mol. The highest BCUT2D eigenvalue weighted by atomic mass is 16.6. The van der Waals surface area contributed by atoms with E-state index in [2.05, 4.69) is 0 Å². The van der Waals surface area contributed by atoms with Gasteiger partial charge in [0.2, 0.25) is 5.60 Å². The molecule has 4 nitrogen and oxygen atoms in total. The highest BCUT2D eigenvalue weighted by molar-refractivity contribution is 5.87. The number of carbonyl (C=O) groups is 2. The van der Waals surface area contributed by atoms with E-state index in [0.29, 0.717) is 6.61 Å². The Bertz CT molecular complexity index is 266. The van der Waals surface area contributed by atoms with Crippen molar-refractivity contribution in [2.24, 2.45) is 0 Å². The second-order valence-corrected chi connectivity index (χ2v) is 3.92. The molecule has 0 saturated heterocycles. The average Bonchev–Trinajstić information content (AvgIpc) is 2.17. The van der Waals surface area contributed by atoms with E-state index in [1.54, 1.807) is 13.0 Å². The maximum atomic E-state index is 11.6. The molecule has 4 heteroatoms. The van der Waals surface area contributed by atoms with Crippen LogP contribution >= 0.6 is 0 Å². The molecule has 0 spiro atoms. The fourth-order valence-corrected chi connectivity index (χ4v) is 0.946. The maximum Gasteiger partial charge on any atom is 0.350 e. The Labute approximate surface area is 96.6 Å². The molecular formula is C12H20O4. The normalized spacial score (nSPS) is 11.5. The molecule has 0 radical (unpaired) electrons. The van der Waals surface area contributed by atoms with Crippen molar-refractivity contribution in [3.8, 4) is 0 Å². The molecule has 0 aromatic carbocycles. The Morgan fingerprint density at radius 2 is 1.94 bits per heavy atom. The molecule has 0 rings (SSSR count). The lowest BCUT2D eigenvalue weighted by Gasteiger charge is -2.22. The van der Waals surface area contributed by atoms with E-state index in [1.165, 1.54) is 19.9 Å². The van der Waals surface area contributed by atoms with Gasteiger partial charge in [-0.25, -0.2) is 9.59 Å². The fourth-order valence-electron chi connectivity index (χ4n) is 0.946. The molecule has 0 amide bonds. The third-order valence-corrected chi connectivity index (χ3v) is 1.88. The first-order chi connectivity index (χ1) is 7.44. The summed E-state index contributed by atoms with van der Waals surface area (Å²) >= 11 is 0. The fraction of sp³-hybridized carbons (Fsp3) is 0.667. The Balaban J connectivity index is 4.19. The molecule has 0 unspecified atom stereocenters. The quantitative estimate of drug-likeness (QED) is 0.397. The smallest absolute Gasteiger partial charge is 0.350 e. The van der Waals surface area contributed by atoms with Crippen LogP contribution in [0.15, 0.2) is 12.2 Å². The van der Waals surface area contributed by atoms with Gasteiger partial charge in [0, 0.05) is 6.08 Å². The summed E-state index contributed by atoms with van der Waals surface area (Å²) in [6.07, 6.45) is 4.58. The molecule has 0 aliphatic heterocycles. The van der Waals surface area contributed by atoms with E-state index < -0.39 is 17.5 Å². The second-order valence-electron chi connectivity index (χ2n) is 3.92. The average molecular weight is 228 g/mol. The number of carbonyl (C=O) groups excluding carboxylic acids is 2. The predicted octanol–water partition coefficient (Wildman–Crippen LogP) is 2.23. The van der Waals surface area contributed by atoms with Crippen molar-refractivity contribution < 1.29 is 19.1 Å². The third-order valence-electron chi connectivity index (χ3n) is 1.88. The van der Waals surface area contributed by atoms with Gasteiger partial charge in [0.1, 0.15) is 0 Å². The lowest BCUT2D eigenvalue weighted by molar-refractivity contribution is -0.175. The first-order valence-electron chi connectivity index (χ1n) is 5.47. The summed E-state index contributed by atoms with van der Waals surface area (Å²) < 4.78 is 9.96. The molecule has 0 bridgehead atoms. The molecule has 0 heterocycles. The van der Waals surface area contributed by atoms with Crippen molar-refractivity contribution in [2.45, 2.75) is 46.1 Å². The van der Waals surface area contributed by atoms with Crippen molar-refractivity contribution in [1.82, 2.24) is 0 Å². The van der Waals surface area contributed by atoms with Gasteiger partial charge in [-0.15, -0.1) is 0 Å². The SMILES string of the molecule is CC=CC(=O)OC(C)(C)C(=O)OCCCC. The highest BCUT2D eigenvalue weighted by Crippen LogP contribution is 2.12. The number of hydrogen-bond acceptors (Lipinski definition) is 4.